The van der Waals surface area contributed by atoms with Gasteiger partial charge >= 0.3 is 5.97 Å². The van der Waals surface area contributed by atoms with Crippen LogP contribution in [0.4, 0.5) is 15.8 Å². The standard InChI is InChI=1S/C12H15FN2O4/c1-3-14(7-6-12(16)19-2)10-5-4-9(13)8-11(10)15(17)18/h4-5,8H,3,6-7H2,1-2H3. The Hall–Kier alpha value is -2.18. The molecule has 0 aliphatic carbocycles. The van der Waals surface area contributed by atoms with Gasteiger partial charge in [0.25, 0.3) is 5.69 Å². The molecule has 1 aromatic rings. The van der Waals surface area contributed by atoms with Crippen LogP contribution < -0.4 is 4.90 Å². The van der Waals surface area contributed by atoms with Gasteiger partial charge in [-0.2, -0.15) is 0 Å². The van der Waals surface area contributed by atoms with Crippen LogP contribution in [-0.2, 0) is 9.53 Å². The maximum atomic E-state index is 13.0. The first-order valence-electron chi connectivity index (χ1n) is 5.75. The molecule has 0 N–H and O–H groups in total. The van der Waals surface area contributed by atoms with E-state index in [0.29, 0.717) is 6.54 Å². The molecule has 0 unspecified atom stereocenters. The molecule has 0 spiro atoms. The molecule has 6 nitrogen and oxygen atoms in total. The number of rotatable bonds is 6. The van der Waals surface area contributed by atoms with Crippen LogP contribution in [0.1, 0.15) is 13.3 Å². The number of esters is 1. The normalized spacial score (nSPS) is 10.1. The molecule has 0 heterocycles. The fourth-order valence-corrected chi connectivity index (χ4v) is 1.69. The quantitative estimate of drug-likeness (QED) is 0.450. The summed E-state index contributed by atoms with van der Waals surface area (Å²) in [6, 6.07) is 3.37. The third kappa shape index (κ3) is 3.90. The molecular formula is C12H15FN2O4. The molecule has 0 radical (unpaired) electrons. The van der Waals surface area contributed by atoms with Crippen molar-refractivity contribution < 1.29 is 18.8 Å². The molecule has 0 saturated heterocycles. The summed E-state index contributed by atoms with van der Waals surface area (Å²) < 4.78 is 17.6. The van der Waals surface area contributed by atoms with Crippen LogP contribution in [0.25, 0.3) is 0 Å². The number of nitro benzene ring substituents is 1. The average Bonchev–Trinajstić information content (AvgIpc) is 2.40. The zero-order valence-electron chi connectivity index (χ0n) is 10.8. The summed E-state index contributed by atoms with van der Waals surface area (Å²) in [5.41, 5.74) is -0.0236. The summed E-state index contributed by atoms with van der Waals surface area (Å²) in [7, 11) is 1.28. The summed E-state index contributed by atoms with van der Waals surface area (Å²) in [5, 5.41) is 10.9. The Bertz CT molecular complexity index is 479. The second kappa shape index (κ2) is 6.67. The third-order valence-electron chi connectivity index (χ3n) is 2.67. The Morgan fingerprint density at radius 1 is 1.53 bits per heavy atom. The predicted molar refractivity (Wildman–Crippen MR) is 67.6 cm³/mol. The maximum absolute atomic E-state index is 13.0. The highest BCUT2D eigenvalue weighted by Crippen LogP contribution is 2.28. The number of carbonyl (C=O) groups excluding carboxylic acids is 1. The van der Waals surface area contributed by atoms with Crippen molar-refractivity contribution in [3.63, 3.8) is 0 Å². The molecule has 0 fully saturated rings. The lowest BCUT2D eigenvalue weighted by Gasteiger charge is -2.22. The van der Waals surface area contributed by atoms with E-state index in [2.05, 4.69) is 4.74 Å². The van der Waals surface area contributed by atoms with Gasteiger partial charge < -0.3 is 9.64 Å². The number of nitrogens with zero attached hydrogens (tertiary/aromatic N) is 2. The molecule has 1 rings (SSSR count). The number of carbonyl (C=O) groups is 1. The Morgan fingerprint density at radius 3 is 2.74 bits per heavy atom. The van der Waals surface area contributed by atoms with Crippen molar-refractivity contribution >= 4 is 17.3 Å². The highest BCUT2D eigenvalue weighted by molar-refractivity contribution is 5.71. The monoisotopic (exact) mass is 270 g/mol. The van der Waals surface area contributed by atoms with E-state index < -0.39 is 16.7 Å². The summed E-state index contributed by atoms with van der Waals surface area (Å²) in [6.45, 7) is 2.53. The highest BCUT2D eigenvalue weighted by atomic mass is 19.1. The highest BCUT2D eigenvalue weighted by Gasteiger charge is 2.20. The summed E-state index contributed by atoms with van der Waals surface area (Å²) >= 11 is 0. The minimum Gasteiger partial charge on any atom is -0.469 e. The molecule has 0 saturated carbocycles. The fraction of sp³-hybridized carbons (Fsp3) is 0.417. The Kier molecular flexibility index (Phi) is 5.23. The minimum atomic E-state index is -0.667. The van der Waals surface area contributed by atoms with Crippen molar-refractivity contribution in [1.82, 2.24) is 0 Å². The zero-order valence-corrected chi connectivity index (χ0v) is 10.8. The Labute approximate surface area is 109 Å². The van der Waals surface area contributed by atoms with Gasteiger partial charge in [-0.15, -0.1) is 0 Å². The molecule has 0 aliphatic rings. The molecule has 104 valence electrons. The van der Waals surface area contributed by atoms with Gasteiger partial charge in [0, 0.05) is 13.1 Å². The van der Waals surface area contributed by atoms with Crippen LogP contribution in [0.15, 0.2) is 18.2 Å². The smallest absolute Gasteiger partial charge is 0.307 e. The van der Waals surface area contributed by atoms with Gasteiger partial charge in [-0.1, -0.05) is 0 Å². The molecule has 19 heavy (non-hydrogen) atoms. The molecule has 0 bridgehead atoms. The van der Waals surface area contributed by atoms with E-state index in [0.717, 1.165) is 12.1 Å². The van der Waals surface area contributed by atoms with Gasteiger partial charge in [-0.25, -0.2) is 4.39 Å². The Balaban J connectivity index is 2.97. The SMILES string of the molecule is CCN(CCC(=O)OC)c1ccc(F)cc1[N+](=O)[O-]. The van der Waals surface area contributed by atoms with Gasteiger partial charge in [-0.3, -0.25) is 14.9 Å². The van der Waals surface area contributed by atoms with E-state index in [9.17, 15) is 19.3 Å². The van der Waals surface area contributed by atoms with Gasteiger partial charge in [0.15, 0.2) is 0 Å². The average molecular weight is 270 g/mol. The van der Waals surface area contributed by atoms with Crippen LogP contribution in [0.2, 0.25) is 0 Å². The summed E-state index contributed by atoms with van der Waals surface area (Å²) in [4.78, 5) is 23.0. The van der Waals surface area contributed by atoms with Crippen LogP contribution in [-0.4, -0.2) is 31.1 Å². The van der Waals surface area contributed by atoms with E-state index in [1.165, 1.54) is 13.2 Å². The van der Waals surface area contributed by atoms with Crippen molar-refractivity contribution in [2.24, 2.45) is 0 Å². The second-order valence-electron chi connectivity index (χ2n) is 3.80. The van der Waals surface area contributed by atoms with Gasteiger partial charge in [-0.05, 0) is 19.1 Å². The van der Waals surface area contributed by atoms with Crippen molar-refractivity contribution in [3.8, 4) is 0 Å². The molecule has 0 aromatic heterocycles. The number of methoxy groups -OCH3 is 1. The number of anilines is 1. The number of ether oxygens (including phenoxy) is 1. The first-order chi connectivity index (χ1) is 8.99. The van der Waals surface area contributed by atoms with Crippen LogP contribution in [0.3, 0.4) is 0 Å². The summed E-state index contributed by atoms with van der Waals surface area (Å²) in [5.74, 6) is -1.07. The van der Waals surface area contributed by atoms with Crippen molar-refractivity contribution in [3.05, 3.63) is 34.1 Å². The number of halogens is 1. The van der Waals surface area contributed by atoms with E-state index >= 15 is 0 Å². The van der Waals surface area contributed by atoms with Crippen molar-refractivity contribution in [2.45, 2.75) is 13.3 Å². The lowest BCUT2D eigenvalue weighted by Crippen LogP contribution is -2.26. The van der Waals surface area contributed by atoms with E-state index in [1.54, 1.807) is 11.8 Å². The number of nitro groups is 1. The van der Waals surface area contributed by atoms with Gasteiger partial charge in [0.05, 0.1) is 24.5 Å². The fourth-order valence-electron chi connectivity index (χ4n) is 1.69. The largest absolute Gasteiger partial charge is 0.469 e. The van der Waals surface area contributed by atoms with Crippen molar-refractivity contribution in [2.75, 3.05) is 25.1 Å². The van der Waals surface area contributed by atoms with Gasteiger partial charge in [0.1, 0.15) is 11.5 Å². The van der Waals surface area contributed by atoms with E-state index in [-0.39, 0.29) is 24.3 Å². The first kappa shape index (κ1) is 14.9. The van der Waals surface area contributed by atoms with Crippen LogP contribution in [0.5, 0.6) is 0 Å². The molecule has 0 amide bonds. The number of benzene rings is 1. The molecule has 0 aliphatic heterocycles. The van der Waals surface area contributed by atoms with E-state index in [1.807, 2.05) is 0 Å². The van der Waals surface area contributed by atoms with E-state index in [4.69, 9.17) is 0 Å². The lowest BCUT2D eigenvalue weighted by atomic mass is 10.2. The molecule has 1 aromatic carbocycles. The molecular weight excluding hydrogens is 255 g/mol. The lowest BCUT2D eigenvalue weighted by molar-refractivity contribution is -0.384. The zero-order chi connectivity index (χ0) is 14.4. The molecule has 7 heteroatoms. The van der Waals surface area contributed by atoms with Gasteiger partial charge in [0.2, 0.25) is 0 Å². The number of hydrogen-bond acceptors (Lipinski definition) is 5. The summed E-state index contributed by atoms with van der Waals surface area (Å²) in [6.07, 6.45) is 0.110. The van der Waals surface area contributed by atoms with Crippen LogP contribution in [0, 0.1) is 15.9 Å². The number of hydrogen-bond donors (Lipinski definition) is 0. The van der Waals surface area contributed by atoms with Crippen LogP contribution >= 0.6 is 0 Å². The Morgan fingerprint density at radius 2 is 2.21 bits per heavy atom. The third-order valence-corrected chi connectivity index (χ3v) is 2.67. The predicted octanol–water partition coefficient (Wildman–Crippen LogP) is 2.12. The minimum absolute atomic E-state index is 0.110. The first-order valence-corrected chi connectivity index (χ1v) is 5.75. The second-order valence-corrected chi connectivity index (χ2v) is 3.80. The molecule has 0 atom stereocenters. The topological polar surface area (TPSA) is 72.7 Å². The van der Waals surface area contributed by atoms with Crippen molar-refractivity contribution in [1.29, 1.82) is 0 Å². The maximum Gasteiger partial charge on any atom is 0.307 e.